The number of esters is 1. The van der Waals surface area contributed by atoms with Crippen LogP contribution in [0, 0.1) is 0 Å². The van der Waals surface area contributed by atoms with Gasteiger partial charge in [0.15, 0.2) is 0 Å². The third-order valence-electron chi connectivity index (χ3n) is 3.64. The third-order valence-corrected chi connectivity index (χ3v) is 4.83. The zero-order valence-electron chi connectivity index (χ0n) is 14.5. The van der Waals surface area contributed by atoms with Gasteiger partial charge in [-0.05, 0) is 53.4 Å². The van der Waals surface area contributed by atoms with Crippen LogP contribution in [-0.2, 0) is 12.6 Å². The number of carbonyl (C=O) groups is 1. The molecule has 0 N–H and O–H groups in total. The fourth-order valence-corrected chi connectivity index (χ4v) is 2.47. The zero-order chi connectivity index (χ0) is 16.4. The van der Waals surface area contributed by atoms with E-state index in [4.69, 9.17) is 7.80 Å². The summed E-state index contributed by atoms with van der Waals surface area (Å²) in [7, 11) is 0. The number of ether oxygens (including phenoxy) is 1. The predicted octanol–water partition coefficient (Wildman–Crippen LogP) is 5.98. The molecule has 0 bridgehead atoms. The van der Waals surface area contributed by atoms with Crippen LogP contribution >= 0.6 is 23.0 Å². The lowest BCUT2D eigenvalue weighted by molar-refractivity contribution is -0.157. The molecule has 0 aromatic carbocycles. The van der Waals surface area contributed by atoms with E-state index in [1.54, 1.807) is 0 Å². The molecule has 0 heterocycles. The summed E-state index contributed by atoms with van der Waals surface area (Å²) in [4.78, 5) is 11.9. The van der Waals surface area contributed by atoms with Crippen LogP contribution in [0.5, 0.6) is 0 Å². The lowest BCUT2D eigenvalue weighted by Gasteiger charge is -2.25. The molecule has 0 atom stereocenters. The highest BCUT2D eigenvalue weighted by Gasteiger charge is 2.22. The molecule has 0 saturated carbocycles. The van der Waals surface area contributed by atoms with Crippen LogP contribution in [0.15, 0.2) is 0 Å². The van der Waals surface area contributed by atoms with Crippen molar-refractivity contribution in [3.8, 4) is 0 Å². The number of hydrogen-bond donors (Lipinski definition) is 0. The Kier molecular flexibility index (Phi) is 10.9. The van der Waals surface area contributed by atoms with Gasteiger partial charge in [0.25, 0.3) is 0 Å². The maximum absolute atomic E-state index is 11.9. The van der Waals surface area contributed by atoms with Crippen LogP contribution in [0.25, 0.3) is 0 Å². The predicted molar refractivity (Wildman–Crippen MR) is 96.6 cm³/mol. The Balaban J connectivity index is 3.75. The first kappa shape index (κ1) is 21.2. The quantitative estimate of drug-likeness (QED) is 0.225. The van der Waals surface area contributed by atoms with Crippen molar-refractivity contribution in [2.45, 2.75) is 104 Å². The first-order valence-corrected chi connectivity index (χ1v) is 9.12. The molecule has 0 fully saturated rings. The molecule has 4 heteroatoms. The summed E-state index contributed by atoms with van der Waals surface area (Å²) < 4.78 is 10.9. The molecule has 0 aromatic heterocycles. The van der Waals surface area contributed by atoms with Gasteiger partial charge < -0.3 is 7.80 Å². The van der Waals surface area contributed by atoms with Crippen molar-refractivity contribution < 1.29 is 12.6 Å². The first-order valence-electron chi connectivity index (χ1n) is 8.24. The minimum Gasteiger partial charge on any atom is -0.460 e. The minimum absolute atomic E-state index is 0.0547. The maximum atomic E-state index is 11.9. The van der Waals surface area contributed by atoms with Gasteiger partial charge in [0, 0.05) is 6.42 Å². The summed E-state index contributed by atoms with van der Waals surface area (Å²) in [5, 5.41) is 0. The Hall–Kier alpha value is 0.160. The second-order valence-electron chi connectivity index (χ2n) is 7.09. The highest BCUT2D eigenvalue weighted by atomic mass is 127. The highest BCUT2D eigenvalue weighted by molar-refractivity contribution is 14.1. The first-order chi connectivity index (χ1) is 9.72. The summed E-state index contributed by atoms with van der Waals surface area (Å²) in [6, 6.07) is 0. The molecule has 0 radical (unpaired) electrons. The van der Waals surface area contributed by atoms with Crippen LogP contribution in [0.4, 0.5) is 0 Å². The standard InChI is InChI=1S/C17H33IO3/c1-6-7-10-13-16(2,3)20-15(19)12-9-8-11-14-17(4,5)21-18/h6-14H2,1-5H3. The van der Waals surface area contributed by atoms with E-state index in [-0.39, 0.29) is 17.2 Å². The Labute approximate surface area is 145 Å². The Morgan fingerprint density at radius 3 is 2.05 bits per heavy atom. The summed E-state index contributed by atoms with van der Waals surface area (Å²) in [6.45, 7) is 10.4. The Bertz CT molecular complexity index is 288. The molecule has 0 aliphatic heterocycles. The molecular formula is C17H33IO3. The number of rotatable bonds is 12. The lowest BCUT2D eigenvalue weighted by Crippen LogP contribution is -2.27. The van der Waals surface area contributed by atoms with E-state index in [1.165, 1.54) is 12.8 Å². The Morgan fingerprint density at radius 2 is 1.48 bits per heavy atom. The third kappa shape index (κ3) is 12.4. The van der Waals surface area contributed by atoms with Crippen LogP contribution in [0.1, 0.15) is 92.4 Å². The van der Waals surface area contributed by atoms with Crippen molar-refractivity contribution in [1.29, 1.82) is 0 Å². The summed E-state index contributed by atoms with van der Waals surface area (Å²) in [5.41, 5.74) is -0.383. The van der Waals surface area contributed by atoms with Gasteiger partial charge in [0.05, 0.1) is 5.60 Å². The van der Waals surface area contributed by atoms with Gasteiger partial charge in [-0.25, -0.2) is 0 Å². The molecule has 0 rings (SSSR count). The topological polar surface area (TPSA) is 35.5 Å². The van der Waals surface area contributed by atoms with E-state index < -0.39 is 0 Å². The maximum Gasteiger partial charge on any atom is 0.306 e. The molecule has 126 valence electrons. The van der Waals surface area contributed by atoms with Crippen molar-refractivity contribution in [2.24, 2.45) is 0 Å². The monoisotopic (exact) mass is 412 g/mol. The van der Waals surface area contributed by atoms with Crippen LogP contribution < -0.4 is 0 Å². The SMILES string of the molecule is CCCCCC(C)(C)OC(=O)CCCCCC(C)(C)OI. The fourth-order valence-electron chi connectivity index (χ4n) is 2.25. The minimum atomic E-state index is -0.316. The zero-order valence-corrected chi connectivity index (χ0v) is 16.6. The summed E-state index contributed by atoms with van der Waals surface area (Å²) in [6.07, 6.45) is 9.07. The second-order valence-corrected chi connectivity index (χ2v) is 7.53. The van der Waals surface area contributed by atoms with Crippen LogP contribution in [-0.4, -0.2) is 17.2 Å². The normalized spacial score (nSPS) is 12.5. The highest BCUT2D eigenvalue weighted by Crippen LogP contribution is 2.22. The molecule has 0 aliphatic carbocycles. The molecule has 21 heavy (non-hydrogen) atoms. The molecule has 0 spiro atoms. The van der Waals surface area contributed by atoms with E-state index >= 15 is 0 Å². The summed E-state index contributed by atoms with van der Waals surface area (Å²) >= 11 is 1.96. The van der Waals surface area contributed by atoms with E-state index in [1.807, 2.05) is 36.9 Å². The van der Waals surface area contributed by atoms with Gasteiger partial charge in [-0.1, -0.05) is 32.6 Å². The van der Waals surface area contributed by atoms with Gasteiger partial charge in [-0.15, -0.1) is 0 Å². The molecule has 0 aliphatic rings. The van der Waals surface area contributed by atoms with Crippen LogP contribution in [0.3, 0.4) is 0 Å². The van der Waals surface area contributed by atoms with Crippen molar-refractivity contribution in [1.82, 2.24) is 0 Å². The second kappa shape index (κ2) is 10.8. The number of carbonyl (C=O) groups excluding carboxylic acids is 1. The molecule has 0 amide bonds. The van der Waals surface area contributed by atoms with Crippen molar-refractivity contribution in [3.63, 3.8) is 0 Å². The number of unbranched alkanes of at least 4 members (excludes halogenated alkanes) is 4. The molecule has 3 nitrogen and oxygen atoms in total. The average Bonchev–Trinajstić information content (AvgIpc) is 2.37. The van der Waals surface area contributed by atoms with E-state index in [0.717, 1.165) is 38.5 Å². The lowest BCUT2D eigenvalue weighted by atomic mass is 9.99. The van der Waals surface area contributed by atoms with Crippen molar-refractivity contribution >= 4 is 29.0 Å². The molecule has 0 saturated heterocycles. The van der Waals surface area contributed by atoms with Gasteiger partial charge in [0.1, 0.15) is 28.6 Å². The largest absolute Gasteiger partial charge is 0.460 e. The van der Waals surface area contributed by atoms with Crippen molar-refractivity contribution in [2.75, 3.05) is 0 Å². The molecule has 0 unspecified atom stereocenters. The van der Waals surface area contributed by atoms with E-state index in [2.05, 4.69) is 20.8 Å². The number of halogens is 1. The van der Waals surface area contributed by atoms with Gasteiger partial charge in [0.2, 0.25) is 0 Å². The van der Waals surface area contributed by atoms with Crippen LogP contribution in [0.2, 0.25) is 0 Å². The smallest absolute Gasteiger partial charge is 0.306 e. The number of hydrogen-bond acceptors (Lipinski definition) is 3. The van der Waals surface area contributed by atoms with E-state index in [9.17, 15) is 4.79 Å². The fraction of sp³-hybridized carbons (Fsp3) is 0.941. The van der Waals surface area contributed by atoms with Crippen molar-refractivity contribution in [3.05, 3.63) is 0 Å². The van der Waals surface area contributed by atoms with Gasteiger partial charge >= 0.3 is 5.97 Å². The summed E-state index contributed by atoms with van der Waals surface area (Å²) in [5.74, 6) is -0.0547. The molecule has 0 aromatic rings. The van der Waals surface area contributed by atoms with E-state index in [0.29, 0.717) is 6.42 Å². The molecular weight excluding hydrogens is 379 g/mol. The Morgan fingerprint density at radius 1 is 0.905 bits per heavy atom. The van der Waals surface area contributed by atoms with Gasteiger partial charge in [-0.3, -0.25) is 4.79 Å². The van der Waals surface area contributed by atoms with Gasteiger partial charge in [-0.2, -0.15) is 0 Å². The average molecular weight is 412 g/mol.